The monoisotopic (exact) mass is 1170 g/mol. The molecule has 0 aromatic carbocycles. The van der Waals surface area contributed by atoms with Gasteiger partial charge in [0.2, 0.25) is 0 Å². The van der Waals surface area contributed by atoms with Crippen molar-refractivity contribution in [2.75, 3.05) is 26.4 Å². The van der Waals surface area contributed by atoms with E-state index in [1.807, 2.05) is 6.08 Å². The number of hydrogen-bond donors (Lipinski definition) is 2. The Morgan fingerprint density at radius 3 is 0.964 bits per heavy atom. The molecule has 0 heterocycles. The topological polar surface area (TPSA) is 134 Å². The third-order valence-electron chi connectivity index (χ3n) is 13.7. The van der Waals surface area contributed by atoms with Gasteiger partial charge in [0.25, 0.3) is 0 Å². The summed E-state index contributed by atoms with van der Waals surface area (Å²) in [5, 5.41) is 0. The average molecular weight is 1170 g/mol. The molecule has 0 spiro atoms. The number of hydrogen-bond acceptors (Lipinski definition) is 8. The van der Waals surface area contributed by atoms with E-state index in [1.54, 1.807) is 0 Å². The molecule has 2 unspecified atom stereocenters. The number of phosphoric acid groups is 1. The number of carbonyl (C=O) groups excluding carboxylic acids is 2. The Kier molecular flexibility index (Phi) is 63.7. The second kappa shape index (κ2) is 67.0. The Hall–Kier alpha value is -4.11. The van der Waals surface area contributed by atoms with Crippen LogP contribution in [0.15, 0.2) is 146 Å². The third-order valence-corrected chi connectivity index (χ3v) is 14.7. The first-order chi connectivity index (χ1) is 40.8. The maximum atomic E-state index is 12.7. The van der Waals surface area contributed by atoms with Gasteiger partial charge in [0.1, 0.15) is 6.61 Å². The van der Waals surface area contributed by atoms with Crippen LogP contribution in [-0.2, 0) is 32.7 Å². The summed E-state index contributed by atoms with van der Waals surface area (Å²) in [6, 6.07) is 0. The summed E-state index contributed by atoms with van der Waals surface area (Å²) >= 11 is 0. The van der Waals surface area contributed by atoms with Gasteiger partial charge < -0.3 is 20.1 Å². The van der Waals surface area contributed by atoms with E-state index in [2.05, 4.69) is 154 Å². The number of esters is 2. The van der Waals surface area contributed by atoms with Gasteiger partial charge in [-0.15, -0.1) is 0 Å². The molecule has 0 saturated heterocycles. The van der Waals surface area contributed by atoms with E-state index in [4.69, 9.17) is 24.3 Å². The number of allylic oxidation sites excluding steroid dienone is 24. The highest BCUT2D eigenvalue weighted by atomic mass is 31.2. The van der Waals surface area contributed by atoms with Crippen molar-refractivity contribution in [1.29, 1.82) is 0 Å². The predicted octanol–water partition coefficient (Wildman–Crippen LogP) is 21.9. The first-order valence-corrected chi connectivity index (χ1v) is 34.8. The standard InChI is InChI=1S/C73H122NO8P/c1-3-5-7-9-11-13-15-17-19-21-23-25-27-28-29-30-31-32-33-34-35-36-37-38-39-40-41-42-44-45-47-49-51-53-55-57-59-61-63-65-72(75)79-69-71(70-81-83(77,78)80-68-67-74)82-73(76)66-64-62-60-58-56-54-52-50-48-46-43-26-24-22-20-18-16-14-12-10-8-6-4-2/h5-8,11-14,17-20,23-26,28-29,46,48,52,54,58,60,71H,3-4,9-10,15-16,21-22,27,30-45,47,49-51,53,55-57,59,61-70,74H2,1-2H3,(H,77,78)/b7-5-,8-6-,13-11-,14-12-,19-17-,20-18-,25-23-,26-24-,29-28-,48-46-,54-52-,60-58-. The average Bonchev–Trinajstić information content (AvgIpc) is 3.48. The zero-order chi connectivity index (χ0) is 60.1. The van der Waals surface area contributed by atoms with Crippen LogP contribution in [0.2, 0.25) is 0 Å². The summed E-state index contributed by atoms with van der Waals surface area (Å²) in [5.74, 6) is -0.898. The first kappa shape index (κ1) is 78.9. The van der Waals surface area contributed by atoms with Gasteiger partial charge in [-0.25, -0.2) is 4.57 Å². The lowest BCUT2D eigenvalue weighted by molar-refractivity contribution is -0.161. The maximum absolute atomic E-state index is 12.7. The molecule has 0 aliphatic heterocycles. The highest BCUT2D eigenvalue weighted by Gasteiger charge is 2.26. The summed E-state index contributed by atoms with van der Waals surface area (Å²) in [6.07, 6.45) is 96.7. The van der Waals surface area contributed by atoms with Crippen molar-refractivity contribution in [3.05, 3.63) is 146 Å². The summed E-state index contributed by atoms with van der Waals surface area (Å²) in [6.45, 7) is 3.45. The molecule has 2 atom stereocenters. The zero-order valence-electron chi connectivity index (χ0n) is 52.9. The lowest BCUT2D eigenvalue weighted by atomic mass is 10.0. The lowest BCUT2D eigenvalue weighted by Crippen LogP contribution is -2.29. The smallest absolute Gasteiger partial charge is 0.462 e. The SMILES string of the molecule is CC/C=C\C/C=C\C/C=C\C/C=C\C/C=C\C/C=C\C/C=C\CCCC(=O)OC(COC(=O)CCCCCCCCCCCCCCCCCCCCCCCCC/C=C\C/C=C\C/C=C\C/C=C\C/C=C\CC)COP(=O)(O)OCCN. The Balaban J connectivity index is 3.90. The number of unbranched alkanes of at least 4 members (excludes halogenated alkanes) is 24. The Bertz CT molecular complexity index is 1870. The second-order valence-corrected chi connectivity index (χ2v) is 23.0. The van der Waals surface area contributed by atoms with Crippen LogP contribution in [0.25, 0.3) is 0 Å². The largest absolute Gasteiger partial charge is 0.472 e. The van der Waals surface area contributed by atoms with E-state index < -0.39 is 32.5 Å². The van der Waals surface area contributed by atoms with Crippen LogP contribution in [0.3, 0.4) is 0 Å². The molecule has 0 bridgehead atoms. The van der Waals surface area contributed by atoms with Crippen LogP contribution in [-0.4, -0.2) is 49.3 Å². The Labute approximate surface area is 509 Å². The lowest BCUT2D eigenvalue weighted by Gasteiger charge is -2.19. The van der Waals surface area contributed by atoms with Crippen LogP contribution in [0.4, 0.5) is 0 Å². The number of phosphoric ester groups is 1. The molecule has 0 aliphatic carbocycles. The van der Waals surface area contributed by atoms with Crippen LogP contribution in [0.5, 0.6) is 0 Å². The van der Waals surface area contributed by atoms with E-state index in [9.17, 15) is 19.0 Å². The van der Waals surface area contributed by atoms with E-state index >= 15 is 0 Å². The van der Waals surface area contributed by atoms with E-state index in [0.29, 0.717) is 12.8 Å². The molecule has 83 heavy (non-hydrogen) atoms. The molecule has 10 heteroatoms. The summed E-state index contributed by atoms with van der Waals surface area (Å²) in [4.78, 5) is 35.2. The van der Waals surface area contributed by atoms with Crippen LogP contribution in [0.1, 0.15) is 271 Å². The van der Waals surface area contributed by atoms with Gasteiger partial charge in [-0.2, -0.15) is 0 Å². The molecule has 0 radical (unpaired) electrons. The van der Waals surface area contributed by atoms with E-state index in [0.717, 1.165) is 96.3 Å². The van der Waals surface area contributed by atoms with Crippen LogP contribution < -0.4 is 5.73 Å². The quantitative estimate of drug-likeness (QED) is 0.0264. The minimum Gasteiger partial charge on any atom is -0.462 e. The minimum absolute atomic E-state index is 0.0384. The number of rotatable bonds is 61. The van der Waals surface area contributed by atoms with Crippen LogP contribution >= 0.6 is 7.82 Å². The van der Waals surface area contributed by atoms with Gasteiger partial charge in [0, 0.05) is 19.4 Å². The molecule has 9 nitrogen and oxygen atoms in total. The maximum Gasteiger partial charge on any atom is 0.472 e. The first-order valence-electron chi connectivity index (χ1n) is 33.3. The van der Waals surface area contributed by atoms with Gasteiger partial charge >= 0.3 is 19.8 Å². The minimum atomic E-state index is -4.41. The van der Waals surface area contributed by atoms with Gasteiger partial charge in [-0.05, 0) is 109 Å². The zero-order valence-corrected chi connectivity index (χ0v) is 53.8. The van der Waals surface area contributed by atoms with Gasteiger partial charge in [0.05, 0.1) is 13.2 Å². The summed E-state index contributed by atoms with van der Waals surface area (Å²) < 4.78 is 33.0. The van der Waals surface area contributed by atoms with Crippen molar-refractivity contribution in [2.24, 2.45) is 5.73 Å². The molecule has 0 aromatic rings. The Morgan fingerprint density at radius 2 is 0.639 bits per heavy atom. The second-order valence-electron chi connectivity index (χ2n) is 21.6. The van der Waals surface area contributed by atoms with Crippen molar-refractivity contribution in [1.82, 2.24) is 0 Å². The van der Waals surface area contributed by atoms with Crippen molar-refractivity contribution in [3.8, 4) is 0 Å². The van der Waals surface area contributed by atoms with E-state index in [-0.39, 0.29) is 32.6 Å². The van der Waals surface area contributed by atoms with E-state index in [1.165, 1.54) is 135 Å². The van der Waals surface area contributed by atoms with Gasteiger partial charge in [-0.1, -0.05) is 295 Å². The molecule has 472 valence electrons. The fraction of sp³-hybridized carbons (Fsp3) is 0.644. The molecule has 0 fully saturated rings. The van der Waals surface area contributed by atoms with Crippen molar-refractivity contribution in [3.63, 3.8) is 0 Å². The van der Waals surface area contributed by atoms with Gasteiger partial charge in [-0.3, -0.25) is 18.6 Å². The fourth-order valence-electron chi connectivity index (χ4n) is 8.89. The van der Waals surface area contributed by atoms with Gasteiger partial charge in [0.15, 0.2) is 6.10 Å². The normalized spacial score (nSPS) is 13.9. The van der Waals surface area contributed by atoms with Crippen molar-refractivity contribution >= 4 is 19.8 Å². The third kappa shape index (κ3) is 66.9. The number of carbonyl (C=O) groups is 2. The predicted molar refractivity (Wildman–Crippen MR) is 357 cm³/mol. The number of nitrogens with two attached hydrogens (primary N) is 1. The highest BCUT2D eigenvalue weighted by molar-refractivity contribution is 7.47. The van der Waals surface area contributed by atoms with Crippen molar-refractivity contribution < 1.29 is 37.6 Å². The summed E-state index contributed by atoms with van der Waals surface area (Å²) in [7, 11) is -4.41. The highest BCUT2D eigenvalue weighted by Crippen LogP contribution is 2.43. The molecular weight excluding hydrogens is 1050 g/mol. The van der Waals surface area contributed by atoms with Crippen molar-refractivity contribution in [2.45, 2.75) is 277 Å². The molecule has 0 amide bonds. The molecule has 3 N–H and O–H groups in total. The Morgan fingerprint density at radius 1 is 0.361 bits per heavy atom. The molecule has 0 aliphatic rings. The fourth-order valence-corrected chi connectivity index (χ4v) is 9.65. The molecule has 0 saturated carbocycles. The van der Waals surface area contributed by atoms with Crippen LogP contribution in [0, 0.1) is 0 Å². The molecular formula is C73H122NO8P. The number of ether oxygens (including phenoxy) is 2. The molecule has 0 aromatic heterocycles. The molecule has 0 rings (SSSR count). The summed E-state index contributed by atoms with van der Waals surface area (Å²) in [5.41, 5.74) is 5.39.